The van der Waals surface area contributed by atoms with Crippen molar-refractivity contribution in [2.24, 2.45) is 11.7 Å². The molecule has 0 radical (unpaired) electrons. The maximum absolute atomic E-state index is 5.66. The molecule has 2 N–H and O–H groups in total. The van der Waals surface area contributed by atoms with Crippen LogP contribution in [0.25, 0.3) is 0 Å². The second kappa shape index (κ2) is 6.01. The molecule has 0 bridgehead atoms. The molecule has 1 aromatic heterocycles. The van der Waals surface area contributed by atoms with Crippen molar-refractivity contribution in [3.8, 4) is 0 Å². The van der Waals surface area contributed by atoms with E-state index < -0.39 is 0 Å². The molecule has 3 nitrogen and oxygen atoms in total. The van der Waals surface area contributed by atoms with Crippen molar-refractivity contribution in [1.29, 1.82) is 0 Å². The molecule has 1 fully saturated rings. The highest BCUT2D eigenvalue weighted by atomic mass is 15.2. The lowest BCUT2D eigenvalue weighted by atomic mass is 9.85. The molecule has 0 unspecified atom stereocenters. The minimum atomic E-state index is 0.694. The highest BCUT2D eigenvalue weighted by Gasteiger charge is 2.21. The van der Waals surface area contributed by atoms with Crippen LogP contribution in [0.15, 0.2) is 18.3 Å². The molecule has 1 heterocycles. The number of hydrogen-bond acceptors (Lipinski definition) is 3. The quantitative estimate of drug-likeness (QED) is 0.819. The molecular weight excluding hydrogens is 210 g/mol. The first-order valence-electron chi connectivity index (χ1n) is 6.74. The number of nitrogens with two attached hydrogens (primary N) is 1. The van der Waals surface area contributed by atoms with Gasteiger partial charge in [-0.3, -0.25) is 0 Å². The fraction of sp³-hybridized carbons (Fsp3) is 0.643. The fourth-order valence-electron chi connectivity index (χ4n) is 2.42. The number of pyridine rings is 1. The maximum atomic E-state index is 5.66. The van der Waals surface area contributed by atoms with E-state index in [0.717, 1.165) is 31.2 Å². The molecule has 0 amide bonds. The molecule has 0 atom stereocenters. The minimum absolute atomic E-state index is 0.694. The number of rotatable bonds is 6. The molecule has 1 saturated carbocycles. The van der Waals surface area contributed by atoms with E-state index in [1.165, 1.54) is 24.8 Å². The Bertz CT molecular complexity index is 347. The average Bonchev–Trinajstić information content (AvgIpc) is 2.30. The Kier molecular flexibility index (Phi) is 4.37. The van der Waals surface area contributed by atoms with Gasteiger partial charge in [0.25, 0.3) is 0 Å². The molecular formula is C14H23N3. The Morgan fingerprint density at radius 2 is 2.29 bits per heavy atom. The lowest BCUT2D eigenvalue weighted by molar-refractivity contribution is 0.318. The molecule has 0 aliphatic heterocycles. The molecule has 1 aromatic rings. The molecule has 2 rings (SSSR count). The molecule has 0 spiro atoms. The Balaban J connectivity index is 2.10. The fourth-order valence-corrected chi connectivity index (χ4v) is 2.42. The van der Waals surface area contributed by atoms with E-state index in [1.54, 1.807) is 0 Å². The molecule has 3 heteroatoms. The predicted octanol–water partition coefficient (Wildman–Crippen LogP) is 2.21. The topological polar surface area (TPSA) is 42.2 Å². The first-order valence-corrected chi connectivity index (χ1v) is 6.74. The Hall–Kier alpha value is -1.09. The summed E-state index contributed by atoms with van der Waals surface area (Å²) in [6, 6.07) is 4.16. The van der Waals surface area contributed by atoms with Gasteiger partial charge < -0.3 is 10.6 Å². The van der Waals surface area contributed by atoms with Gasteiger partial charge in [0.05, 0.1) is 0 Å². The van der Waals surface area contributed by atoms with Crippen molar-refractivity contribution in [3.63, 3.8) is 0 Å². The molecule has 1 aliphatic carbocycles. The summed E-state index contributed by atoms with van der Waals surface area (Å²) in [5.41, 5.74) is 6.95. The van der Waals surface area contributed by atoms with Gasteiger partial charge in [-0.15, -0.1) is 0 Å². The lowest BCUT2D eigenvalue weighted by Gasteiger charge is -2.33. The smallest absolute Gasteiger partial charge is 0.131 e. The SMILES string of the molecule is CCN(CC1CCC1)c1ncccc1CCN. The molecule has 0 saturated heterocycles. The van der Waals surface area contributed by atoms with Crippen molar-refractivity contribution >= 4 is 5.82 Å². The minimum Gasteiger partial charge on any atom is -0.356 e. The number of hydrogen-bond donors (Lipinski definition) is 1. The highest BCUT2D eigenvalue weighted by Crippen LogP contribution is 2.29. The molecule has 94 valence electrons. The number of anilines is 1. The van der Waals surface area contributed by atoms with E-state index in [9.17, 15) is 0 Å². The van der Waals surface area contributed by atoms with E-state index >= 15 is 0 Å². The van der Waals surface area contributed by atoms with Crippen LogP contribution in [0.5, 0.6) is 0 Å². The first-order chi connectivity index (χ1) is 8.35. The van der Waals surface area contributed by atoms with Gasteiger partial charge in [0.1, 0.15) is 5.82 Å². The standard InChI is InChI=1S/C14H23N3/c1-2-17(11-12-5-3-6-12)14-13(8-9-15)7-4-10-16-14/h4,7,10,12H,2-3,5-6,8-9,11,15H2,1H3. The zero-order valence-corrected chi connectivity index (χ0v) is 10.7. The van der Waals surface area contributed by atoms with Crippen molar-refractivity contribution in [2.45, 2.75) is 32.6 Å². The summed E-state index contributed by atoms with van der Waals surface area (Å²) in [4.78, 5) is 6.96. The van der Waals surface area contributed by atoms with Crippen LogP contribution in [0, 0.1) is 5.92 Å². The molecule has 0 aromatic carbocycles. The van der Waals surface area contributed by atoms with Gasteiger partial charge >= 0.3 is 0 Å². The second-order valence-corrected chi connectivity index (χ2v) is 4.86. The zero-order valence-electron chi connectivity index (χ0n) is 10.7. The van der Waals surface area contributed by atoms with Gasteiger partial charge in [0.15, 0.2) is 0 Å². The van der Waals surface area contributed by atoms with Crippen LogP contribution < -0.4 is 10.6 Å². The van der Waals surface area contributed by atoms with Gasteiger partial charge in [-0.25, -0.2) is 4.98 Å². The zero-order chi connectivity index (χ0) is 12.1. The Labute approximate surface area is 104 Å². The summed E-state index contributed by atoms with van der Waals surface area (Å²) in [5, 5.41) is 0. The normalized spacial score (nSPS) is 15.6. The van der Waals surface area contributed by atoms with Gasteiger partial charge in [0, 0.05) is 19.3 Å². The van der Waals surface area contributed by atoms with Crippen molar-refractivity contribution in [3.05, 3.63) is 23.9 Å². The van der Waals surface area contributed by atoms with Crippen LogP contribution in [0.1, 0.15) is 31.7 Å². The summed E-state index contributed by atoms with van der Waals surface area (Å²) in [6.07, 6.45) is 6.98. The summed E-state index contributed by atoms with van der Waals surface area (Å²) in [6.45, 7) is 5.09. The Morgan fingerprint density at radius 1 is 1.47 bits per heavy atom. The van der Waals surface area contributed by atoms with E-state index in [1.807, 2.05) is 12.3 Å². The maximum Gasteiger partial charge on any atom is 0.131 e. The van der Waals surface area contributed by atoms with Crippen molar-refractivity contribution in [1.82, 2.24) is 4.98 Å². The van der Waals surface area contributed by atoms with Crippen LogP contribution in [0.4, 0.5) is 5.82 Å². The summed E-state index contributed by atoms with van der Waals surface area (Å²) >= 11 is 0. The summed E-state index contributed by atoms with van der Waals surface area (Å²) in [5.74, 6) is 2.02. The monoisotopic (exact) mass is 233 g/mol. The largest absolute Gasteiger partial charge is 0.356 e. The summed E-state index contributed by atoms with van der Waals surface area (Å²) < 4.78 is 0. The van der Waals surface area contributed by atoms with Crippen molar-refractivity contribution < 1.29 is 0 Å². The van der Waals surface area contributed by atoms with Crippen LogP contribution in [-0.2, 0) is 6.42 Å². The van der Waals surface area contributed by atoms with Crippen LogP contribution >= 0.6 is 0 Å². The number of nitrogens with zero attached hydrogens (tertiary/aromatic N) is 2. The lowest BCUT2D eigenvalue weighted by Crippen LogP contribution is -2.33. The van der Waals surface area contributed by atoms with Crippen LogP contribution in [0.2, 0.25) is 0 Å². The number of aromatic nitrogens is 1. The second-order valence-electron chi connectivity index (χ2n) is 4.86. The molecule has 1 aliphatic rings. The Morgan fingerprint density at radius 3 is 2.88 bits per heavy atom. The first kappa shape index (κ1) is 12.4. The van der Waals surface area contributed by atoms with Gasteiger partial charge in [0.2, 0.25) is 0 Å². The van der Waals surface area contributed by atoms with E-state index in [4.69, 9.17) is 5.73 Å². The molecule has 17 heavy (non-hydrogen) atoms. The van der Waals surface area contributed by atoms with Crippen molar-refractivity contribution in [2.75, 3.05) is 24.5 Å². The van der Waals surface area contributed by atoms with E-state index in [0.29, 0.717) is 6.54 Å². The third kappa shape index (κ3) is 2.97. The third-order valence-electron chi connectivity index (χ3n) is 3.67. The van der Waals surface area contributed by atoms with Gasteiger partial charge in [-0.1, -0.05) is 12.5 Å². The predicted molar refractivity (Wildman–Crippen MR) is 72.2 cm³/mol. The van der Waals surface area contributed by atoms with Gasteiger partial charge in [-0.05, 0) is 50.3 Å². The third-order valence-corrected chi connectivity index (χ3v) is 3.67. The van der Waals surface area contributed by atoms with E-state index in [-0.39, 0.29) is 0 Å². The average molecular weight is 233 g/mol. The summed E-state index contributed by atoms with van der Waals surface area (Å²) in [7, 11) is 0. The van der Waals surface area contributed by atoms with E-state index in [2.05, 4.69) is 22.9 Å². The van der Waals surface area contributed by atoms with Crippen LogP contribution in [0.3, 0.4) is 0 Å². The van der Waals surface area contributed by atoms with Crippen LogP contribution in [-0.4, -0.2) is 24.6 Å². The highest BCUT2D eigenvalue weighted by molar-refractivity contribution is 5.46. The van der Waals surface area contributed by atoms with Gasteiger partial charge in [-0.2, -0.15) is 0 Å².